The minimum absolute atomic E-state index is 0.572. The molecular formula is C20H18N6OS. The highest BCUT2D eigenvalue weighted by molar-refractivity contribution is 7.22. The van der Waals surface area contributed by atoms with Gasteiger partial charge in [0, 0.05) is 36.1 Å². The van der Waals surface area contributed by atoms with E-state index in [4.69, 9.17) is 5.73 Å². The fourth-order valence-corrected chi connectivity index (χ4v) is 4.28. The summed E-state index contributed by atoms with van der Waals surface area (Å²) in [6, 6.07) is 10.1. The number of fused-ring (bicyclic) bond motifs is 2. The molecule has 4 N–H and O–H groups in total. The van der Waals surface area contributed by atoms with E-state index in [0.29, 0.717) is 11.7 Å². The summed E-state index contributed by atoms with van der Waals surface area (Å²) in [6.45, 7) is 1.38. The van der Waals surface area contributed by atoms with Crippen molar-refractivity contribution in [1.82, 2.24) is 19.9 Å². The van der Waals surface area contributed by atoms with Crippen LogP contribution in [0.4, 0.5) is 16.5 Å². The van der Waals surface area contributed by atoms with Crippen molar-refractivity contribution in [3.05, 3.63) is 48.3 Å². The molecule has 1 amide bonds. The zero-order chi connectivity index (χ0) is 19.1. The van der Waals surface area contributed by atoms with Crippen LogP contribution in [0.5, 0.6) is 0 Å². The van der Waals surface area contributed by atoms with Crippen LogP contribution in [0.15, 0.2) is 42.6 Å². The summed E-state index contributed by atoms with van der Waals surface area (Å²) in [4.78, 5) is 24.8. The van der Waals surface area contributed by atoms with Gasteiger partial charge in [-0.3, -0.25) is 4.79 Å². The molecule has 0 aliphatic carbocycles. The number of thiazole rings is 1. The van der Waals surface area contributed by atoms with E-state index in [1.165, 1.54) is 16.9 Å². The van der Waals surface area contributed by atoms with Gasteiger partial charge in [0.2, 0.25) is 6.41 Å². The molecule has 8 heteroatoms. The van der Waals surface area contributed by atoms with Crippen molar-refractivity contribution >= 4 is 61.1 Å². The summed E-state index contributed by atoms with van der Waals surface area (Å²) in [5.74, 6) is 0. The summed E-state index contributed by atoms with van der Waals surface area (Å²) in [7, 11) is 0. The quantitative estimate of drug-likeness (QED) is 0.461. The second-order valence-electron chi connectivity index (χ2n) is 6.74. The lowest BCUT2D eigenvalue weighted by Gasteiger charge is -2.21. The first-order chi connectivity index (χ1) is 13.7. The highest BCUT2D eigenvalue weighted by Crippen LogP contribution is 2.32. The van der Waals surface area contributed by atoms with Gasteiger partial charge in [0.1, 0.15) is 5.65 Å². The van der Waals surface area contributed by atoms with Crippen molar-refractivity contribution in [2.24, 2.45) is 0 Å². The molecule has 0 saturated heterocycles. The Bertz CT molecular complexity index is 1220. The predicted octanol–water partition coefficient (Wildman–Crippen LogP) is 3.74. The third-order valence-electron chi connectivity index (χ3n) is 4.95. The minimum Gasteiger partial charge on any atom is -0.375 e. The number of carbonyl (C=O) groups excluding carboxylic acids is 1. The lowest BCUT2D eigenvalue weighted by molar-refractivity contribution is -0.117. The second-order valence-corrected chi connectivity index (χ2v) is 7.81. The lowest BCUT2D eigenvalue weighted by Crippen LogP contribution is -2.26. The van der Waals surface area contributed by atoms with Crippen LogP contribution >= 0.6 is 11.3 Å². The Labute approximate surface area is 164 Å². The van der Waals surface area contributed by atoms with E-state index < -0.39 is 0 Å². The molecule has 4 heterocycles. The zero-order valence-corrected chi connectivity index (χ0v) is 15.8. The third kappa shape index (κ3) is 2.97. The number of amides is 1. The number of H-pyrrole nitrogens is 1. The van der Waals surface area contributed by atoms with Gasteiger partial charge in [0.15, 0.2) is 5.13 Å². The maximum atomic E-state index is 10.9. The van der Waals surface area contributed by atoms with Crippen LogP contribution in [0.1, 0.15) is 12.1 Å². The van der Waals surface area contributed by atoms with Crippen LogP contribution in [0.25, 0.3) is 26.8 Å². The summed E-state index contributed by atoms with van der Waals surface area (Å²) in [6.07, 6.45) is 5.61. The topological polar surface area (TPSA) is 99.9 Å². The number of aromatic amines is 1. The van der Waals surface area contributed by atoms with Gasteiger partial charge in [-0.05, 0) is 42.3 Å². The van der Waals surface area contributed by atoms with Gasteiger partial charge in [-0.1, -0.05) is 17.4 Å². The van der Waals surface area contributed by atoms with Crippen LogP contribution in [-0.4, -0.2) is 39.4 Å². The van der Waals surface area contributed by atoms with Gasteiger partial charge in [0.25, 0.3) is 0 Å². The van der Waals surface area contributed by atoms with Crippen LogP contribution in [0, 0.1) is 0 Å². The number of anilines is 3. The van der Waals surface area contributed by atoms with E-state index in [0.717, 1.165) is 57.7 Å². The standard InChI is InChI=1S/C20H18N6OS/c21-20-25-16-2-1-13(9-18(16)28-20)23-15-3-6-22-19-14(15)10-17(24-19)12-4-7-26(11-27)8-5-12/h1-4,6,9-11H,5,7-8H2,(H2,21,25)(H2,22,23,24). The van der Waals surface area contributed by atoms with Crippen LogP contribution in [0.3, 0.4) is 0 Å². The maximum absolute atomic E-state index is 10.9. The molecule has 0 radical (unpaired) electrons. The van der Waals surface area contributed by atoms with Crippen molar-refractivity contribution in [3.63, 3.8) is 0 Å². The number of pyridine rings is 1. The Morgan fingerprint density at radius 2 is 2.21 bits per heavy atom. The fraction of sp³-hybridized carbons (Fsp3) is 0.150. The molecule has 3 aromatic heterocycles. The van der Waals surface area contributed by atoms with Crippen molar-refractivity contribution in [2.75, 3.05) is 24.1 Å². The molecule has 0 spiro atoms. The molecule has 1 aliphatic heterocycles. The molecule has 28 heavy (non-hydrogen) atoms. The molecule has 140 valence electrons. The van der Waals surface area contributed by atoms with Crippen molar-refractivity contribution < 1.29 is 4.79 Å². The summed E-state index contributed by atoms with van der Waals surface area (Å²) in [5, 5.41) is 5.08. The normalized spacial score (nSPS) is 14.4. The van der Waals surface area contributed by atoms with E-state index in [-0.39, 0.29) is 0 Å². The number of carbonyl (C=O) groups is 1. The number of nitrogens with two attached hydrogens (primary N) is 1. The fourth-order valence-electron chi connectivity index (χ4n) is 3.51. The second kappa shape index (κ2) is 6.65. The van der Waals surface area contributed by atoms with E-state index in [1.807, 2.05) is 18.2 Å². The molecule has 7 nitrogen and oxygen atoms in total. The SMILES string of the molecule is Nc1nc2ccc(Nc3ccnc4[nH]c(C5=CCN(C=O)CC5)cc34)cc2s1. The molecule has 0 bridgehead atoms. The molecule has 5 rings (SSSR count). The van der Waals surface area contributed by atoms with E-state index in [1.54, 1.807) is 11.1 Å². The monoisotopic (exact) mass is 390 g/mol. The number of nitrogen functional groups attached to an aromatic ring is 1. The first kappa shape index (κ1) is 16.8. The molecule has 0 fully saturated rings. The van der Waals surface area contributed by atoms with Crippen molar-refractivity contribution in [3.8, 4) is 0 Å². The number of rotatable bonds is 4. The van der Waals surface area contributed by atoms with E-state index >= 15 is 0 Å². The Morgan fingerprint density at radius 1 is 1.29 bits per heavy atom. The smallest absolute Gasteiger partial charge is 0.209 e. The van der Waals surface area contributed by atoms with Gasteiger partial charge in [-0.15, -0.1) is 0 Å². The average molecular weight is 390 g/mol. The molecular weight excluding hydrogens is 372 g/mol. The van der Waals surface area contributed by atoms with Gasteiger partial charge in [0.05, 0.1) is 15.9 Å². The molecule has 0 saturated carbocycles. The Hall–Kier alpha value is -3.39. The van der Waals surface area contributed by atoms with Crippen molar-refractivity contribution in [1.29, 1.82) is 0 Å². The Balaban J connectivity index is 1.48. The van der Waals surface area contributed by atoms with E-state index in [9.17, 15) is 4.79 Å². The maximum Gasteiger partial charge on any atom is 0.209 e. The highest BCUT2D eigenvalue weighted by atomic mass is 32.1. The van der Waals surface area contributed by atoms with Gasteiger partial charge < -0.3 is 20.9 Å². The number of aromatic nitrogens is 3. The van der Waals surface area contributed by atoms with Gasteiger partial charge in [-0.2, -0.15) is 0 Å². The lowest BCUT2D eigenvalue weighted by atomic mass is 10.1. The van der Waals surface area contributed by atoms with Crippen LogP contribution in [0.2, 0.25) is 0 Å². The van der Waals surface area contributed by atoms with Gasteiger partial charge in [-0.25, -0.2) is 9.97 Å². The van der Waals surface area contributed by atoms with Crippen LogP contribution in [-0.2, 0) is 4.79 Å². The molecule has 1 aromatic carbocycles. The van der Waals surface area contributed by atoms with Crippen LogP contribution < -0.4 is 11.1 Å². The number of nitrogens with zero attached hydrogens (tertiary/aromatic N) is 3. The average Bonchev–Trinajstić information content (AvgIpc) is 3.31. The minimum atomic E-state index is 0.572. The molecule has 1 aliphatic rings. The third-order valence-corrected chi connectivity index (χ3v) is 5.80. The molecule has 0 atom stereocenters. The number of benzene rings is 1. The van der Waals surface area contributed by atoms with Crippen molar-refractivity contribution in [2.45, 2.75) is 6.42 Å². The Kier molecular flexibility index (Phi) is 3.98. The largest absolute Gasteiger partial charge is 0.375 e. The number of hydrogen-bond acceptors (Lipinski definition) is 6. The molecule has 4 aromatic rings. The first-order valence-corrected chi connectivity index (χ1v) is 9.81. The first-order valence-electron chi connectivity index (χ1n) is 8.99. The molecule has 0 unspecified atom stereocenters. The summed E-state index contributed by atoms with van der Waals surface area (Å²) in [5.41, 5.74) is 11.8. The summed E-state index contributed by atoms with van der Waals surface area (Å²) < 4.78 is 1.05. The summed E-state index contributed by atoms with van der Waals surface area (Å²) >= 11 is 1.48. The predicted molar refractivity (Wildman–Crippen MR) is 114 cm³/mol. The number of nitrogens with one attached hydrogen (secondary N) is 2. The Morgan fingerprint density at radius 3 is 3.04 bits per heavy atom. The number of hydrogen-bond donors (Lipinski definition) is 3. The zero-order valence-electron chi connectivity index (χ0n) is 15.0. The van der Waals surface area contributed by atoms with Gasteiger partial charge >= 0.3 is 0 Å². The highest BCUT2D eigenvalue weighted by Gasteiger charge is 2.15. The van der Waals surface area contributed by atoms with E-state index in [2.05, 4.69) is 38.5 Å².